The number of hydrogen-bond acceptors (Lipinski definition) is 7. The number of amides is 4. The van der Waals surface area contributed by atoms with E-state index in [1.54, 1.807) is 0 Å². The standard InChI is InChI=1S/C18H18N4O7S/c1-30(28)14-8-13(29-10-14)9-19-22-5-4-21(18(22)27)17(26)20-15-7-12(23)3-2-11(15)6-16(24)25/h2-3,7-10,23H,4-6H2,1H3,(H,20,26)(H,24,25)/b19-9+. The second-order valence-electron chi connectivity index (χ2n) is 6.28. The summed E-state index contributed by atoms with van der Waals surface area (Å²) < 4.78 is 16.6. The minimum atomic E-state index is -1.21. The van der Waals surface area contributed by atoms with E-state index in [1.165, 1.54) is 43.0 Å². The Morgan fingerprint density at radius 2 is 2.10 bits per heavy atom. The molecule has 12 heteroatoms. The number of carboxylic acid groups (broad SMARTS) is 1. The van der Waals surface area contributed by atoms with Gasteiger partial charge in [0, 0.05) is 24.1 Å². The Morgan fingerprint density at radius 1 is 1.33 bits per heavy atom. The molecule has 0 saturated carbocycles. The Hall–Kier alpha value is -3.67. The van der Waals surface area contributed by atoms with Gasteiger partial charge in [0.1, 0.15) is 17.8 Å². The molecule has 1 unspecified atom stereocenters. The van der Waals surface area contributed by atoms with E-state index in [-0.39, 0.29) is 36.5 Å². The number of phenolic OH excluding ortho intramolecular Hbond substituents is 1. The van der Waals surface area contributed by atoms with Gasteiger partial charge in [0.25, 0.3) is 0 Å². The van der Waals surface area contributed by atoms with Gasteiger partial charge in [-0.25, -0.2) is 19.5 Å². The molecule has 0 bridgehead atoms. The number of hydrogen-bond donors (Lipinski definition) is 3. The molecular formula is C18H18N4O7S. The van der Waals surface area contributed by atoms with Crippen molar-refractivity contribution in [1.82, 2.24) is 9.91 Å². The normalized spacial score (nSPS) is 15.0. The number of phenols is 1. The Kier molecular flexibility index (Phi) is 6.16. The van der Waals surface area contributed by atoms with Crippen LogP contribution < -0.4 is 5.32 Å². The lowest BCUT2D eigenvalue weighted by Crippen LogP contribution is -2.38. The summed E-state index contributed by atoms with van der Waals surface area (Å²) in [5.41, 5.74) is 0.366. The molecule has 1 atom stereocenters. The number of carboxylic acids is 1. The molecule has 2 heterocycles. The van der Waals surface area contributed by atoms with Crippen molar-refractivity contribution in [3.05, 3.63) is 41.9 Å². The van der Waals surface area contributed by atoms with Crippen LogP contribution in [0.2, 0.25) is 0 Å². The van der Waals surface area contributed by atoms with Crippen molar-refractivity contribution in [2.45, 2.75) is 11.3 Å². The summed E-state index contributed by atoms with van der Waals surface area (Å²) in [7, 11) is -1.21. The molecule has 1 saturated heterocycles. The molecule has 3 rings (SSSR count). The van der Waals surface area contributed by atoms with Crippen molar-refractivity contribution in [3.8, 4) is 5.75 Å². The van der Waals surface area contributed by atoms with Crippen molar-refractivity contribution in [3.63, 3.8) is 0 Å². The lowest BCUT2D eigenvalue weighted by molar-refractivity contribution is -0.136. The Balaban J connectivity index is 1.67. The number of rotatable bonds is 6. The third-order valence-electron chi connectivity index (χ3n) is 4.16. The SMILES string of the molecule is CS(=O)c1coc(/C=N/N2CCN(C(=O)Nc3cc(O)ccc3CC(=O)O)C2=O)c1. The van der Waals surface area contributed by atoms with E-state index in [0.717, 1.165) is 9.91 Å². The number of aliphatic carboxylic acids is 1. The first kappa shape index (κ1) is 21.0. The van der Waals surface area contributed by atoms with Crippen LogP contribution in [0.1, 0.15) is 11.3 Å². The summed E-state index contributed by atoms with van der Waals surface area (Å²) in [6, 6.07) is 3.95. The van der Waals surface area contributed by atoms with Crippen LogP contribution in [-0.4, -0.2) is 67.9 Å². The molecule has 11 nitrogen and oxygen atoms in total. The van der Waals surface area contributed by atoms with Gasteiger partial charge >= 0.3 is 18.0 Å². The van der Waals surface area contributed by atoms with Crippen LogP contribution in [-0.2, 0) is 22.0 Å². The highest BCUT2D eigenvalue weighted by molar-refractivity contribution is 7.84. The average Bonchev–Trinajstić information content (AvgIpc) is 3.29. The predicted molar refractivity (Wildman–Crippen MR) is 106 cm³/mol. The first-order valence-electron chi connectivity index (χ1n) is 8.64. The van der Waals surface area contributed by atoms with Crippen molar-refractivity contribution < 1.29 is 33.2 Å². The second-order valence-corrected chi connectivity index (χ2v) is 7.66. The number of urea groups is 2. The van der Waals surface area contributed by atoms with Gasteiger partial charge in [-0.15, -0.1) is 0 Å². The molecule has 0 aliphatic carbocycles. The number of imide groups is 1. The lowest BCUT2D eigenvalue weighted by Gasteiger charge is -2.16. The van der Waals surface area contributed by atoms with Crippen LogP contribution in [0.15, 0.2) is 44.9 Å². The summed E-state index contributed by atoms with van der Waals surface area (Å²) >= 11 is 0. The smallest absolute Gasteiger partial charge is 0.348 e. The van der Waals surface area contributed by atoms with Crippen LogP contribution in [0.4, 0.5) is 15.3 Å². The van der Waals surface area contributed by atoms with Gasteiger partial charge < -0.3 is 19.9 Å². The molecule has 3 N–H and O–H groups in total. The third kappa shape index (κ3) is 4.84. The van der Waals surface area contributed by atoms with Crippen LogP contribution >= 0.6 is 0 Å². The average molecular weight is 434 g/mol. The van der Waals surface area contributed by atoms with Crippen LogP contribution in [0, 0.1) is 0 Å². The summed E-state index contributed by atoms with van der Waals surface area (Å²) in [6.45, 7) is 0.190. The van der Waals surface area contributed by atoms with Gasteiger partial charge in [-0.3, -0.25) is 9.00 Å². The third-order valence-corrected chi connectivity index (χ3v) is 5.04. The molecule has 1 aliphatic heterocycles. The van der Waals surface area contributed by atoms with E-state index >= 15 is 0 Å². The number of nitrogens with zero attached hydrogens (tertiary/aromatic N) is 3. The molecule has 1 aromatic carbocycles. The summed E-state index contributed by atoms with van der Waals surface area (Å²) in [5, 5.41) is 26.1. The molecule has 0 spiro atoms. The van der Waals surface area contributed by atoms with Gasteiger partial charge in [-0.05, 0) is 11.6 Å². The quantitative estimate of drug-likeness (QED) is 0.584. The Labute approximate surface area is 173 Å². The molecule has 1 aliphatic rings. The van der Waals surface area contributed by atoms with Crippen molar-refractivity contribution in [1.29, 1.82) is 0 Å². The lowest BCUT2D eigenvalue weighted by atomic mass is 10.1. The number of carbonyl (C=O) groups is 3. The fraction of sp³-hybridized carbons (Fsp3) is 0.222. The van der Waals surface area contributed by atoms with Gasteiger partial charge in [0.15, 0.2) is 0 Å². The van der Waals surface area contributed by atoms with E-state index in [4.69, 9.17) is 9.52 Å². The topological polar surface area (TPSA) is 153 Å². The van der Waals surface area contributed by atoms with Crippen LogP contribution in [0.5, 0.6) is 5.75 Å². The predicted octanol–water partition coefficient (Wildman–Crippen LogP) is 1.65. The number of hydrazone groups is 1. The van der Waals surface area contributed by atoms with Gasteiger partial charge in [-0.1, -0.05) is 6.07 Å². The maximum atomic E-state index is 12.5. The zero-order valence-corrected chi connectivity index (χ0v) is 16.6. The maximum absolute atomic E-state index is 12.5. The fourth-order valence-corrected chi connectivity index (χ4v) is 3.15. The number of benzene rings is 1. The largest absolute Gasteiger partial charge is 0.508 e. The van der Waals surface area contributed by atoms with E-state index < -0.39 is 28.8 Å². The molecule has 158 valence electrons. The molecule has 30 heavy (non-hydrogen) atoms. The van der Waals surface area contributed by atoms with Gasteiger partial charge in [0.2, 0.25) is 0 Å². The minimum Gasteiger partial charge on any atom is -0.508 e. The van der Waals surface area contributed by atoms with Gasteiger partial charge in [-0.2, -0.15) is 5.10 Å². The van der Waals surface area contributed by atoms with Crippen LogP contribution in [0.25, 0.3) is 0 Å². The molecule has 1 fully saturated rings. The molecule has 1 aromatic heterocycles. The summed E-state index contributed by atoms with van der Waals surface area (Å²) in [6.07, 6.45) is 3.73. The van der Waals surface area contributed by atoms with Crippen LogP contribution in [0.3, 0.4) is 0 Å². The molecule has 2 aromatic rings. The highest BCUT2D eigenvalue weighted by atomic mass is 32.2. The van der Waals surface area contributed by atoms with Gasteiger partial charge in [0.05, 0.1) is 41.4 Å². The van der Waals surface area contributed by atoms with E-state index in [1.807, 2.05) is 0 Å². The molecular weight excluding hydrogens is 416 g/mol. The number of nitrogens with one attached hydrogen (secondary N) is 1. The van der Waals surface area contributed by atoms with Crippen molar-refractivity contribution in [2.75, 3.05) is 24.7 Å². The maximum Gasteiger partial charge on any atom is 0.348 e. The second kappa shape index (κ2) is 8.78. The summed E-state index contributed by atoms with van der Waals surface area (Å²) in [4.78, 5) is 37.3. The zero-order chi connectivity index (χ0) is 21.8. The van der Waals surface area contributed by atoms with E-state index in [2.05, 4.69) is 10.4 Å². The van der Waals surface area contributed by atoms with Crippen molar-refractivity contribution in [2.24, 2.45) is 5.10 Å². The monoisotopic (exact) mass is 434 g/mol. The zero-order valence-electron chi connectivity index (χ0n) is 15.8. The number of furan rings is 1. The van der Waals surface area contributed by atoms with E-state index in [0.29, 0.717) is 10.7 Å². The highest BCUT2D eigenvalue weighted by Gasteiger charge is 2.33. The Bertz CT molecular complexity index is 1050. The minimum absolute atomic E-state index is 0.0530. The highest BCUT2D eigenvalue weighted by Crippen LogP contribution is 2.23. The molecule has 0 radical (unpaired) electrons. The first-order valence-corrected chi connectivity index (χ1v) is 10.2. The number of aromatic hydroxyl groups is 1. The Morgan fingerprint density at radius 3 is 2.77 bits per heavy atom. The number of anilines is 1. The molecule has 4 amide bonds. The summed E-state index contributed by atoms with van der Waals surface area (Å²) in [5.74, 6) is -0.972. The van der Waals surface area contributed by atoms with E-state index in [9.17, 15) is 23.7 Å². The first-order chi connectivity index (χ1) is 14.2. The van der Waals surface area contributed by atoms with Crippen molar-refractivity contribution >= 4 is 40.7 Å². The fourth-order valence-electron chi connectivity index (χ4n) is 2.68. The number of carbonyl (C=O) groups excluding carboxylic acids is 2.